The summed E-state index contributed by atoms with van der Waals surface area (Å²) in [5.41, 5.74) is -1.69. The predicted octanol–water partition coefficient (Wildman–Crippen LogP) is -11.2. The molecule has 2 aliphatic heterocycles. The number of amides is 3. The number of carbonyl (C=O) groups is 3. The Morgan fingerprint density at radius 3 is 1.56 bits per heavy atom. The molecule has 0 aromatic rings. The Hall–Kier alpha value is -4.29. The highest BCUT2D eigenvalue weighted by atomic mass is 16.7. The van der Waals surface area contributed by atoms with Crippen LogP contribution in [-0.4, -0.2) is 334 Å². The molecular formula is C49H87N3O35. The maximum Gasteiger partial charge on any atom is 0.221 e. The highest BCUT2D eigenvalue weighted by molar-refractivity contribution is 5.75. The minimum atomic E-state index is -2.84. The average molecular weight is 1280 g/mol. The number of rotatable bonds is 39. The average Bonchev–Trinajstić information content (AvgIpc) is 1.91. The van der Waals surface area contributed by atoms with Gasteiger partial charge in [0.05, 0.1) is 43.8 Å². The van der Waals surface area contributed by atoms with E-state index >= 15 is 0 Å². The fourth-order valence-corrected chi connectivity index (χ4v) is 8.57. The summed E-state index contributed by atoms with van der Waals surface area (Å²) in [5.74, 6) is -7.86. The zero-order chi connectivity index (χ0) is 66.3. The number of carbonyl (C=O) groups excluding carboxylic acids is 3. The van der Waals surface area contributed by atoms with Crippen molar-refractivity contribution in [1.82, 2.24) is 16.0 Å². The molecule has 2 aliphatic rings. The van der Waals surface area contributed by atoms with Crippen LogP contribution in [-0.2, 0) is 52.3 Å². The quantitative estimate of drug-likeness (QED) is 0.0201. The summed E-state index contributed by atoms with van der Waals surface area (Å²) in [6.07, 6.45) is -55.0. The van der Waals surface area contributed by atoms with E-state index in [4.69, 9.17) is 48.1 Å². The van der Waals surface area contributed by atoms with Gasteiger partial charge in [-0.1, -0.05) is 0 Å². The number of aliphatic hydroxyl groups is 24. The first-order valence-electron chi connectivity index (χ1n) is 27.0. The van der Waals surface area contributed by atoms with Crippen molar-refractivity contribution in [2.45, 2.75) is 207 Å². The van der Waals surface area contributed by atoms with E-state index in [0.29, 0.717) is 0 Å². The third-order valence-corrected chi connectivity index (χ3v) is 13.1. The van der Waals surface area contributed by atoms with Crippen LogP contribution in [0.15, 0.2) is 34.4 Å². The summed E-state index contributed by atoms with van der Waals surface area (Å²) in [5, 5.41) is 261. The fourth-order valence-electron chi connectivity index (χ4n) is 8.57. The molecule has 2 heterocycles. The summed E-state index contributed by atoms with van der Waals surface area (Å²) in [6, 6.07) is -1.85. The molecule has 0 aliphatic carbocycles. The molecule has 38 nitrogen and oxygen atoms in total. The van der Waals surface area contributed by atoms with Gasteiger partial charge in [-0.05, 0) is 19.8 Å². The van der Waals surface area contributed by atoms with Gasteiger partial charge in [-0.2, -0.15) is 0 Å². The molecule has 3 amide bonds. The molecule has 38 heteroatoms. The van der Waals surface area contributed by atoms with Crippen molar-refractivity contribution in [3.05, 3.63) is 34.4 Å². The fraction of sp³-hybridized carbons (Fsp3) is 0.816. The topological polar surface area (TPSA) is 647 Å². The van der Waals surface area contributed by atoms with Gasteiger partial charge in [-0.15, -0.1) is 0 Å². The van der Waals surface area contributed by atoms with E-state index in [1.165, 1.54) is 0 Å². The molecule has 2 saturated heterocycles. The van der Waals surface area contributed by atoms with Crippen molar-refractivity contribution in [1.29, 1.82) is 0 Å². The van der Waals surface area contributed by atoms with E-state index in [0.717, 1.165) is 27.7 Å². The first-order chi connectivity index (χ1) is 40.8. The van der Waals surface area contributed by atoms with E-state index in [-0.39, 0.29) is 0 Å². The Kier molecular flexibility index (Phi) is 34.8. The SMILES string of the molecule is CC(=O)N/C(=C(\O)[C@@H](CCO)O[C@@H]1OC(CO)[C@@H](O[C@H](O)C(O)C(O[C@H]2OC(CO)[C@@H](O)C(O)C2O[C@H](O)/C(NC(C)=O)=C(/O)[C@@H](CCO)O[C@H](O)/C(O)=C(\O)[C@@H](O)CCO)[C@H](O)CCO[C@@H](O)C(O)C(O)[C@H](O)CCO)C(O)C1NC(C)=O)[C@H](C)O. The third kappa shape index (κ3) is 23.2. The van der Waals surface area contributed by atoms with Gasteiger partial charge in [-0.25, -0.2) is 0 Å². The van der Waals surface area contributed by atoms with E-state index in [9.17, 15) is 127 Å². The number of aliphatic hydroxyl groups excluding tert-OH is 24. The Bertz CT molecular complexity index is 2160. The smallest absolute Gasteiger partial charge is 0.221 e. The normalized spacial score (nSPS) is 28.5. The molecule has 24 atom stereocenters. The third-order valence-electron chi connectivity index (χ3n) is 13.1. The van der Waals surface area contributed by atoms with Crippen molar-refractivity contribution in [2.24, 2.45) is 0 Å². The lowest BCUT2D eigenvalue weighted by Gasteiger charge is -2.46. The van der Waals surface area contributed by atoms with Gasteiger partial charge in [-0.3, -0.25) is 14.4 Å². The molecule has 2 rings (SSSR count). The maximum absolute atomic E-state index is 12.6. The molecule has 10 unspecified atom stereocenters. The van der Waals surface area contributed by atoms with Crippen molar-refractivity contribution in [3.63, 3.8) is 0 Å². The predicted molar refractivity (Wildman–Crippen MR) is 280 cm³/mol. The lowest BCUT2D eigenvalue weighted by Crippen LogP contribution is -2.67. The Morgan fingerprint density at radius 1 is 0.494 bits per heavy atom. The molecule has 2 fully saturated rings. The summed E-state index contributed by atoms with van der Waals surface area (Å²) >= 11 is 0. The lowest BCUT2D eigenvalue weighted by atomic mass is 9.95. The zero-order valence-corrected chi connectivity index (χ0v) is 47.6. The number of hydrogen-bond acceptors (Lipinski definition) is 35. The zero-order valence-electron chi connectivity index (χ0n) is 47.6. The van der Waals surface area contributed by atoms with Crippen LogP contribution in [0.25, 0.3) is 0 Å². The molecule has 0 saturated carbocycles. The minimum absolute atomic E-state index is 0.478. The van der Waals surface area contributed by atoms with Crippen molar-refractivity contribution < 1.29 is 175 Å². The van der Waals surface area contributed by atoms with Gasteiger partial charge in [0.25, 0.3) is 0 Å². The first kappa shape index (κ1) is 78.8. The molecule has 0 spiro atoms. The van der Waals surface area contributed by atoms with Crippen LogP contribution in [0.1, 0.15) is 59.8 Å². The molecule has 0 aromatic carbocycles. The summed E-state index contributed by atoms with van der Waals surface area (Å²) < 4.78 is 44.4. The van der Waals surface area contributed by atoms with Gasteiger partial charge in [0, 0.05) is 66.5 Å². The van der Waals surface area contributed by atoms with E-state index < -0.39 is 278 Å². The van der Waals surface area contributed by atoms with Gasteiger partial charge in [0.2, 0.25) is 30.3 Å². The second-order valence-corrected chi connectivity index (χ2v) is 19.9. The van der Waals surface area contributed by atoms with Crippen LogP contribution in [0.3, 0.4) is 0 Å². The summed E-state index contributed by atoms with van der Waals surface area (Å²) in [4.78, 5) is 37.0. The number of ether oxygens (including phenoxy) is 8. The standard InChI is InChI=1S/C49H87N3O35/c1-17(59)28(50-18(2)60)33(68)25(8-13-56)82-48-30(52-20(4)62)36(71)42(27(16-58)84-48)85-47(79)40(75)41(23(65)9-14-80-45(77)38(73)31(66)21(63)5-10-53)87-49-43(37(72)35(70)26(15-57)83-49)86-44(76)29(51-19(3)61)34(69)24(7-12-55)81-46(78)39(74)32(67)22(64)6-11-54/h17,21-27,30-31,35-38,40-49,53-59,63-79H,5-16H2,1-4H3,(H,50,60)(H,51,61)(H,52,62)/b33-28-,34-29-,39-32+/t17-,21+,22-,23+,24+,25+,26?,27?,30?,31?,35+,36?,37?,38?,40?,41?,42+,43?,44-,45+,46-,47-,48+,49+/m0/s1. The van der Waals surface area contributed by atoms with Crippen LogP contribution in [0, 0.1) is 0 Å². The highest BCUT2D eigenvalue weighted by Crippen LogP contribution is 2.33. The molecular weight excluding hydrogens is 1190 g/mol. The minimum Gasteiger partial charge on any atom is -0.508 e. The van der Waals surface area contributed by atoms with Gasteiger partial charge in [0.1, 0.15) is 109 Å². The Balaban J connectivity index is 2.79. The van der Waals surface area contributed by atoms with Crippen molar-refractivity contribution in [2.75, 3.05) is 46.2 Å². The Morgan fingerprint density at radius 2 is 1.03 bits per heavy atom. The lowest BCUT2D eigenvalue weighted by molar-refractivity contribution is -0.356. The molecule has 508 valence electrons. The van der Waals surface area contributed by atoms with E-state index in [2.05, 4.69) is 10.6 Å². The second-order valence-electron chi connectivity index (χ2n) is 19.9. The van der Waals surface area contributed by atoms with E-state index in [1.54, 1.807) is 0 Å². The van der Waals surface area contributed by atoms with E-state index in [1.807, 2.05) is 5.32 Å². The summed E-state index contributed by atoms with van der Waals surface area (Å²) in [6.45, 7) is -2.46. The molecule has 27 N–H and O–H groups in total. The van der Waals surface area contributed by atoms with Crippen LogP contribution in [0.5, 0.6) is 0 Å². The summed E-state index contributed by atoms with van der Waals surface area (Å²) in [7, 11) is 0. The van der Waals surface area contributed by atoms with Crippen LogP contribution in [0.4, 0.5) is 0 Å². The monoisotopic (exact) mass is 1280 g/mol. The van der Waals surface area contributed by atoms with Crippen LogP contribution >= 0.6 is 0 Å². The number of hydrogen-bond donors (Lipinski definition) is 27. The van der Waals surface area contributed by atoms with Gasteiger partial charge < -0.3 is 176 Å². The molecule has 0 aromatic heterocycles. The molecule has 0 bridgehead atoms. The largest absolute Gasteiger partial charge is 0.508 e. The van der Waals surface area contributed by atoms with Crippen LogP contribution in [0.2, 0.25) is 0 Å². The van der Waals surface area contributed by atoms with Gasteiger partial charge in [0.15, 0.2) is 36.7 Å². The highest BCUT2D eigenvalue weighted by Gasteiger charge is 2.53. The van der Waals surface area contributed by atoms with Crippen molar-refractivity contribution >= 4 is 17.7 Å². The maximum atomic E-state index is 12.6. The molecule has 0 radical (unpaired) electrons. The number of nitrogens with one attached hydrogen (secondary N) is 3. The Labute approximate surface area is 495 Å². The second kappa shape index (κ2) is 38.4. The van der Waals surface area contributed by atoms with Crippen molar-refractivity contribution in [3.8, 4) is 0 Å². The van der Waals surface area contributed by atoms with Gasteiger partial charge >= 0.3 is 0 Å². The molecule has 87 heavy (non-hydrogen) atoms. The van der Waals surface area contributed by atoms with Crippen LogP contribution < -0.4 is 16.0 Å². The first-order valence-corrected chi connectivity index (χ1v) is 27.0.